The lowest BCUT2D eigenvalue weighted by molar-refractivity contribution is -0.372. The van der Waals surface area contributed by atoms with Gasteiger partial charge in [-0.15, -0.1) is 22.7 Å². The van der Waals surface area contributed by atoms with Gasteiger partial charge in [0.25, 0.3) is 11.8 Å². The second-order valence-corrected chi connectivity index (χ2v) is 27.6. The molecule has 0 bridgehead atoms. The number of primary amides is 3. The van der Waals surface area contributed by atoms with Crippen LogP contribution in [-0.4, -0.2) is 279 Å². The summed E-state index contributed by atoms with van der Waals surface area (Å²) in [6.45, 7) is 5.01. The minimum Gasteiger partial charge on any atom is -1.00 e. The van der Waals surface area contributed by atoms with Gasteiger partial charge in [-0.25, -0.2) is 34.5 Å². The number of esters is 1. The molecule has 44 heteroatoms. The minimum atomic E-state index is -2.21. The Labute approximate surface area is 604 Å². The molecule has 0 radical (unpaired) electrons. The van der Waals surface area contributed by atoms with E-state index in [0.717, 1.165) is 18.3 Å². The number of nitrogen functional groups attached to an aromatic ring is 1. The van der Waals surface area contributed by atoms with Crippen LogP contribution in [0.5, 0.6) is 0 Å². The Morgan fingerprint density at radius 3 is 2.11 bits per heavy atom. The first-order chi connectivity index (χ1) is 47.8. The Morgan fingerprint density at radius 2 is 1.48 bits per heavy atom. The topological polar surface area (TPSA) is 653 Å². The summed E-state index contributed by atoms with van der Waals surface area (Å²) in [4.78, 5) is 143. The van der Waals surface area contributed by atoms with E-state index in [4.69, 9.17) is 57.1 Å². The maximum atomic E-state index is 15.2. The molecule has 4 aromatic heterocycles. The first kappa shape index (κ1) is 85.3. The molecule has 0 aliphatic carbocycles. The van der Waals surface area contributed by atoms with E-state index in [1.54, 1.807) is 17.7 Å². The van der Waals surface area contributed by atoms with E-state index in [1.165, 1.54) is 50.4 Å². The molecular weight excluding hydrogens is 1480 g/mol. The number of nitrogens with two attached hydrogens (primary N) is 5. The van der Waals surface area contributed by atoms with Crippen molar-refractivity contribution < 1.29 is 129 Å². The molecule has 2 fully saturated rings. The number of aliphatic hydroxyl groups is 8. The summed E-state index contributed by atoms with van der Waals surface area (Å²) in [5.74, 6) is -8.07. The molecule has 6 rings (SSSR count). The summed E-state index contributed by atoms with van der Waals surface area (Å²) in [7, 11) is -0.207. The van der Waals surface area contributed by atoms with Gasteiger partial charge < -0.3 is 152 Å². The quantitative estimate of drug-likeness (QED) is 0.0113. The Balaban J connectivity index is 0.0000187. The lowest BCUT2D eigenvalue weighted by atomic mass is 9.96. The van der Waals surface area contributed by atoms with Gasteiger partial charge >= 0.3 is 12.1 Å². The van der Waals surface area contributed by atoms with Crippen LogP contribution < -0.4 is 77.6 Å². The molecule has 102 heavy (non-hydrogen) atoms. The van der Waals surface area contributed by atoms with Crippen LogP contribution in [0.2, 0.25) is 0 Å². The smallest absolute Gasteiger partial charge is 0.404 e. The average Bonchev–Trinajstić information content (AvgIpc) is 0.789. The largest absolute Gasteiger partial charge is 1.00 e. The molecule has 8 amide bonds. The number of anilines is 1. The molecule has 10 unspecified atom stereocenters. The van der Waals surface area contributed by atoms with Gasteiger partial charge in [0.05, 0.1) is 85.6 Å². The molecule has 20 atom stereocenters. The zero-order chi connectivity index (χ0) is 74.7. The molecule has 0 spiro atoms. The van der Waals surface area contributed by atoms with Crippen LogP contribution in [0, 0.1) is 12.8 Å². The van der Waals surface area contributed by atoms with Crippen molar-refractivity contribution in [2.24, 2.45) is 28.9 Å². The Morgan fingerprint density at radius 1 is 0.794 bits per heavy atom. The number of hydrogen-bond acceptors (Lipinski definition) is 33. The van der Waals surface area contributed by atoms with E-state index in [1.807, 2.05) is 6.26 Å². The van der Waals surface area contributed by atoms with Gasteiger partial charge in [-0.2, -0.15) is 0 Å². The van der Waals surface area contributed by atoms with Gasteiger partial charge in [0.1, 0.15) is 100 Å². The van der Waals surface area contributed by atoms with Gasteiger partial charge in [0.15, 0.2) is 18.7 Å². The number of hydrogen-bond donors (Lipinski definition) is 20. The second kappa shape index (κ2) is 40.1. The summed E-state index contributed by atoms with van der Waals surface area (Å²) < 4.78 is 33.7. The van der Waals surface area contributed by atoms with E-state index in [0.29, 0.717) is 41.0 Å². The first-order valence-electron chi connectivity index (χ1n) is 31.5. The highest BCUT2D eigenvalue weighted by atomic mass is 79.9. The number of amides is 8. The van der Waals surface area contributed by atoms with E-state index >= 15 is 4.79 Å². The third kappa shape index (κ3) is 23.3. The van der Waals surface area contributed by atoms with Crippen LogP contribution in [0.1, 0.15) is 95.7 Å². The first-order valence-corrected chi connectivity index (χ1v) is 35.2. The fourth-order valence-corrected chi connectivity index (χ4v) is 13.1. The van der Waals surface area contributed by atoms with E-state index < -0.39 is 183 Å². The fraction of sp³-hybridized carbons (Fsp3) is 0.621. The highest BCUT2D eigenvalue weighted by Crippen LogP contribution is 2.35. The number of rotatable bonds is 38. The van der Waals surface area contributed by atoms with Gasteiger partial charge in [-0.3, -0.25) is 33.6 Å². The molecule has 2 saturated heterocycles. The highest BCUT2D eigenvalue weighted by Gasteiger charge is 2.54. The number of carbonyl (C=O) groups excluding carboxylic acids is 9. The number of carbonyl (C=O) groups is 9. The van der Waals surface area contributed by atoms with Crippen LogP contribution in [0.25, 0.3) is 10.7 Å². The number of nitrogens with zero attached hydrogens (tertiary/aromatic N) is 5. The van der Waals surface area contributed by atoms with Gasteiger partial charge in [-0.1, -0.05) is 6.92 Å². The molecular formula is C58H88BrN17O23S3. The number of halogens is 1. The number of aromatic amines is 1. The van der Waals surface area contributed by atoms with Gasteiger partial charge in [0, 0.05) is 55.2 Å². The maximum Gasteiger partial charge on any atom is 0.404 e. The Kier molecular flexibility index (Phi) is 33.5. The fourth-order valence-electron chi connectivity index (χ4n) is 10.2. The molecule has 568 valence electrons. The lowest BCUT2D eigenvalue weighted by Crippen LogP contribution is -3.00. The highest BCUT2D eigenvalue weighted by molar-refractivity contribution is 7.96. The van der Waals surface area contributed by atoms with Crippen molar-refractivity contribution in [3.63, 3.8) is 0 Å². The van der Waals surface area contributed by atoms with Gasteiger partial charge in [0.2, 0.25) is 35.3 Å². The van der Waals surface area contributed by atoms with Gasteiger partial charge in [-0.05, 0) is 38.6 Å². The van der Waals surface area contributed by atoms with Crippen molar-refractivity contribution in [1.82, 2.24) is 61.8 Å². The van der Waals surface area contributed by atoms with Crippen LogP contribution in [0.4, 0.5) is 10.6 Å². The third-order valence-corrected chi connectivity index (χ3v) is 19.4. The predicted octanol–water partition coefficient (Wildman–Crippen LogP) is -10.8. The average molecular weight is 1570 g/mol. The minimum absolute atomic E-state index is 0. The van der Waals surface area contributed by atoms with Crippen molar-refractivity contribution in [1.29, 1.82) is 0 Å². The number of aromatic nitrogens is 6. The summed E-state index contributed by atoms with van der Waals surface area (Å²) in [6.07, 6.45) is -22.6. The number of thiazole rings is 2. The predicted molar refractivity (Wildman–Crippen MR) is 354 cm³/mol. The monoisotopic (exact) mass is 1570 g/mol. The van der Waals surface area contributed by atoms with E-state index in [9.17, 15) is 79.2 Å². The number of aliphatic hydroxyl groups excluding tert-OH is 8. The molecule has 2 aliphatic heterocycles. The van der Waals surface area contributed by atoms with Crippen molar-refractivity contribution in [2.75, 3.05) is 63.0 Å². The van der Waals surface area contributed by atoms with Crippen LogP contribution >= 0.6 is 22.7 Å². The Bertz CT molecular complexity index is 3460. The normalized spacial score (nSPS) is 23.4. The SMILES string of the molecule is CCOC(=O)C[S+](C)CCCNC(=O)c1csc(-c2csc(CCNC(=O)C(NC(=O)C(C)C(O)C(C)NC(=O)C(NC(=O)c3nc(C(CC(N)=O)NCC(N)C(N)=O)nc(N)c3C)C(O[C@@H]3O[C@@H](CO)[C@@H](O)[C@@H](O)[C@@H]3O[C@H]3O[C@H](CO)[C@@H](O)[C@@H](OC(N)=O)[C@@H]3O)c3cnc[nH]3)C(C)O)n2)n1.[Br-]. The van der Waals surface area contributed by atoms with Crippen molar-refractivity contribution in [2.45, 2.75) is 164 Å². The zero-order valence-electron chi connectivity index (χ0n) is 56.0. The Hall–Kier alpha value is -7.35. The summed E-state index contributed by atoms with van der Waals surface area (Å²) in [5.41, 5.74) is 28.0. The molecule has 40 nitrogen and oxygen atoms in total. The number of ether oxygens (including phenoxy) is 6. The van der Waals surface area contributed by atoms with Crippen LogP contribution in [-0.2, 0) is 74.5 Å². The van der Waals surface area contributed by atoms with Crippen molar-refractivity contribution in [3.8, 4) is 10.7 Å². The van der Waals surface area contributed by atoms with E-state index in [2.05, 4.69) is 61.8 Å². The molecule has 0 aromatic carbocycles. The molecule has 2 aliphatic rings. The van der Waals surface area contributed by atoms with Crippen LogP contribution in [0.15, 0.2) is 23.3 Å². The molecule has 4 aromatic rings. The van der Waals surface area contributed by atoms with E-state index in [-0.39, 0.29) is 87.9 Å². The number of imidazole rings is 1. The maximum absolute atomic E-state index is 15.2. The number of nitrogens with one attached hydrogen (secondary N) is 7. The second-order valence-electron chi connectivity index (χ2n) is 23.6. The third-order valence-electron chi connectivity index (χ3n) is 15.9. The van der Waals surface area contributed by atoms with Crippen molar-refractivity contribution >= 4 is 92.8 Å². The summed E-state index contributed by atoms with van der Waals surface area (Å²) in [6, 6.07) is -7.90. The van der Waals surface area contributed by atoms with Crippen molar-refractivity contribution in [3.05, 3.63) is 56.8 Å². The standard InChI is InChI=1S/C58H87N17O23S3.BrH/c1-7-93-35(80)20-101(6)12-8-10-65-51(88)29-18-100-55(71-29)30-19-99-34(70-30)9-11-66-52(89)37(25(5)78)73-50(87)23(3)39(81)24(4)69-54(91)38(74-53(90)36-22(2)47(61)75-49(72-36)27(13-33(60)79)67-14-26(59)48(62)86)44(28-15-64-21-68-28)96-57-46(42(84)40(82)31(16-76)95-57)97-56-43(85)45(98-58(63)92)41(83)32(17-77)94-56;/h15,18-19,21,23-27,31-32,37-46,56-57,67,76-78,81-85H,7-14,16-17,20,59H2,1-6H3,(H13-,60,61,62,63,64,65,66,68,69,72,73,74,75,79,86,87,88,89,90,91,92);1H/t23?,24?,25?,26?,27?,31-,32+,37?,38?,39?,40+,41+,42+,43-,44?,45+,46-,56+,57-,101?;/m0./s1. The lowest BCUT2D eigenvalue weighted by Gasteiger charge is -2.47. The summed E-state index contributed by atoms with van der Waals surface area (Å²) in [5, 5.41) is 108. The van der Waals surface area contributed by atoms with Crippen LogP contribution in [0.3, 0.4) is 0 Å². The number of H-pyrrole nitrogens is 1. The summed E-state index contributed by atoms with van der Waals surface area (Å²) >= 11 is 2.46. The zero-order valence-corrected chi connectivity index (χ0v) is 60.0. The molecule has 6 heterocycles. The molecule has 25 N–H and O–H groups in total. The molecule has 0 saturated carbocycles.